The number of thiophene rings is 1. The summed E-state index contributed by atoms with van der Waals surface area (Å²) >= 11 is 5.14. The predicted molar refractivity (Wildman–Crippen MR) is 78.4 cm³/mol. The molecule has 0 unspecified atom stereocenters. The van der Waals surface area contributed by atoms with Gasteiger partial charge in [0.2, 0.25) is 5.91 Å². The molecule has 3 nitrogen and oxygen atoms in total. The molecule has 1 fully saturated rings. The van der Waals surface area contributed by atoms with Gasteiger partial charge in [-0.05, 0) is 65.5 Å². The van der Waals surface area contributed by atoms with Crippen LogP contribution >= 0.6 is 27.3 Å². The van der Waals surface area contributed by atoms with Gasteiger partial charge in [-0.1, -0.05) is 0 Å². The summed E-state index contributed by atoms with van der Waals surface area (Å²) in [5, 5.41) is 5.06. The number of amides is 1. The molecule has 1 aromatic heterocycles. The normalized spacial score (nSPS) is 23.9. The Kier molecular flexibility index (Phi) is 5.21. The van der Waals surface area contributed by atoms with Crippen molar-refractivity contribution in [1.82, 2.24) is 5.32 Å². The third-order valence-corrected chi connectivity index (χ3v) is 5.59. The number of carbonyl (C=O) groups is 1. The molecule has 2 rings (SSSR count). The number of carbonyl (C=O) groups excluding carboxylic acids is 1. The summed E-state index contributed by atoms with van der Waals surface area (Å²) in [5.74, 6) is 1.01. The van der Waals surface area contributed by atoms with Crippen LogP contribution < -0.4 is 11.1 Å². The smallest absolute Gasteiger partial charge is 0.223 e. The number of halogens is 1. The number of hydrogen-bond donors (Lipinski definition) is 2. The summed E-state index contributed by atoms with van der Waals surface area (Å²) in [6.07, 6.45) is 4.16. The third-order valence-electron chi connectivity index (χ3n) is 3.67. The molecule has 0 atom stereocenters. The predicted octanol–water partition coefficient (Wildman–Crippen LogP) is 2.89. The van der Waals surface area contributed by atoms with Crippen LogP contribution in [0.2, 0.25) is 0 Å². The SMILES string of the molecule is NCC1CCC(C(=O)NCc2sccc2Br)CC1. The van der Waals surface area contributed by atoms with Crippen molar-refractivity contribution in [3.63, 3.8) is 0 Å². The molecule has 100 valence electrons. The van der Waals surface area contributed by atoms with Crippen LogP contribution in [-0.4, -0.2) is 12.5 Å². The van der Waals surface area contributed by atoms with Crippen molar-refractivity contribution in [2.75, 3.05) is 6.54 Å². The summed E-state index contributed by atoms with van der Waals surface area (Å²) in [6.45, 7) is 1.39. The molecule has 1 heterocycles. The lowest BCUT2D eigenvalue weighted by Gasteiger charge is -2.26. The van der Waals surface area contributed by atoms with Gasteiger partial charge in [-0.15, -0.1) is 11.3 Å². The Bertz CT molecular complexity index is 399. The molecule has 0 spiro atoms. The fraction of sp³-hybridized carbons (Fsp3) is 0.615. The summed E-state index contributed by atoms with van der Waals surface area (Å²) in [4.78, 5) is 13.2. The summed E-state index contributed by atoms with van der Waals surface area (Å²) < 4.78 is 1.08. The van der Waals surface area contributed by atoms with Crippen LogP contribution in [-0.2, 0) is 11.3 Å². The first-order valence-electron chi connectivity index (χ1n) is 6.40. The lowest BCUT2D eigenvalue weighted by molar-refractivity contribution is -0.126. The van der Waals surface area contributed by atoms with Gasteiger partial charge < -0.3 is 11.1 Å². The molecule has 1 saturated carbocycles. The second-order valence-corrected chi connectivity index (χ2v) is 6.72. The van der Waals surface area contributed by atoms with Gasteiger partial charge in [0.15, 0.2) is 0 Å². The van der Waals surface area contributed by atoms with Gasteiger partial charge in [0.25, 0.3) is 0 Å². The molecule has 1 amide bonds. The minimum atomic E-state index is 0.187. The van der Waals surface area contributed by atoms with E-state index >= 15 is 0 Å². The molecule has 5 heteroatoms. The first kappa shape index (κ1) is 14.0. The molecule has 18 heavy (non-hydrogen) atoms. The number of nitrogens with one attached hydrogen (secondary N) is 1. The fourth-order valence-electron chi connectivity index (χ4n) is 2.42. The molecule has 0 saturated heterocycles. The van der Waals surface area contributed by atoms with Crippen LogP contribution in [0.3, 0.4) is 0 Å². The van der Waals surface area contributed by atoms with Crippen molar-refractivity contribution in [3.8, 4) is 0 Å². The molecule has 0 aromatic carbocycles. The van der Waals surface area contributed by atoms with Gasteiger partial charge in [-0.25, -0.2) is 0 Å². The molecule has 3 N–H and O–H groups in total. The van der Waals surface area contributed by atoms with Gasteiger partial charge in [-0.2, -0.15) is 0 Å². The van der Waals surface area contributed by atoms with Crippen LogP contribution in [0.1, 0.15) is 30.6 Å². The van der Waals surface area contributed by atoms with Gasteiger partial charge >= 0.3 is 0 Å². The van der Waals surface area contributed by atoms with Crippen LogP contribution in [0.4, 0.5) is 0 Å². The second kappa shape index (κ2) is 6.68. The van der Waals surface area contributed by atoms with Crippen molar-refractivity contribution in [1.29, 1.82) is 0 Å². The first-order chi connectivity index (χ1) is 8.70. The maximum absolute atomic E-state index is 12.0. The average Bonchev–Trinajstić information content (AvgIpc) is 2.81. The summed E-state index contributed by atoms with van der Waals surface area (Å²) in [6, 6.07) is 2.01. The molecule has 0 bridgehead atoms. The van der Waals surface area contributed by atoms with E-state index in [1.54, 1.807) is 11.3 Å². The summed E-state index contributed by atoms with van der Waals surface area (Å²) in [7, 11) is 0. The largest absolute Gasteiger partial charge is 0.351 e. The van der Waals surface area contributed by atoms with E-state index in [0.717, 1.165) is 36.7 Å². The zero-order valence-electron chi connectivity index (χ0n) is 10.3. The Labute approximate surface area is 120 Å². The standard InChI is InChI=1S/C13H19BrN2OS/c14-11-5-6-18-12(11)8-16-13(17)10-3-1-9(7-15)2-4-10/h5-6,9-10H,1-4,7-8,15H2,(H,16,17). The van der Waals surface area contributed by atoms with Gasteiger partial charge in [-0.3, -0.25) is 4.79 Å². The molecule has 0 radical (unpaired) electrons. The minimum Gasteiger partial charge on any atom is -0.351 e. The zero-order valence-corrected chi connectivity index (χ0v) is 12.7. The summed E-state index contributed by atoms with van der Waals surface area (Å²) in [5.41, 5.74) is 5.66. The van der Waals surface area contributed by atoms with E-state index < -0.39 is 0 Å². The molecular weight excluding hydrogens is 312 g/mol. The highest BCUT2D eigenvalue weighted by Crippen LogP contribution is 2.28. The van der Waals surface area contributed by atoms with E-state index in [0.29, 0.717) is 12.5 Å². The number of rotatable bonds is 4. The fourth-order valence-corrected chi connectivity index (χ4v) is 3.86. The van der Waals surface area contributed by atoms with Crippen molar-refractivity contribution >= 4 is 33.2 Å². The Morgan fingerprint density at radius 3 is 2.72 bits per heavy atom. The Morgan fingerprint density at radius 2 is 2.17 bits per heavy atom. The van der Waals surface area contributed by atoms with Gasteiger partial charge in [0.05, 0.1) is 6.54 Å². The van der Waals surface area contributed by atoms with E-state index in [1.165, 1.54) is 4.88 Å². The molecule has 1 aliphatic rings. The van der Waals surface area contributed by atoms with E-state index in [2.05, 4.69) is 21.2 Å². The number of hydrogen-bond acceptors (Lipinski definition) is 3. The van der Waals surface area contributed by atoms with Crippen molar-refractivity contribution in [3.05, 3.63) is 20.8 Å². The van der Waals surface area contributed by atoms with Crippen LogP contribution in [0.15, 0.2) is 15.9 Å². The van der Waals surface area contributed by atoms with Crippen molar-refractivity contribution in [2.24, 2.45) is 17.6 Å². The third kappa shape index (κ3) is 3.56. The van der Waals surface area contributed by atoms with Gasteiger partial charge in [0.1, 0.15) is 0 Å². The average molecular weight is 331 g/mol. The molecular formula is C13H19BrN2OS. The number of nitrogens with two attached hydrogens (primary N) is 1. The van der Waals surface area contributed by atoms with Crippen LogP contribution in [0, 0.1) is 11.8 Å². The molecule has 0 aliphatic heterocycles. The van der Waals surface area contributed by atoms with Gasteiger partial charge in [0, 0.05) is 15.3 Å². The topological polar surface area (TPSA) is 55.1 Å². The quantitative estimate of drug-likeness (QED) is 0.891. The van der Waals surface area contributed by atoms with E-state index in [9.17, 15) is 4.79 Å². The lowest BCUT2D eigenvalue weighted by Crippen LogP contribution is -2.33. The highest BCUT2D eigenvalue weighted by molar-refractivity contribution is 9.10. The van der Waals surface area contributed by atoms with Crippen LogP contribution in [0.25, 0.3) is 0 Å². The maximum atomic E-state index is 12.0. The lowest BCUT2D eigenvalue weighted by atomic mass is 9.81. The Morgan fingerprint density at radius 1 is 1.44 bits per heavy atom. The molecule has 1 aromatic rings. The van der Waals surface area contributed by atoms with Crippen molar-refractivity contribution in [2.45, 2.75) is 32.2 Å². The Balaban J connectivity index is 1.77. The Hall–Kier alpha value is -0.390. The van der Waals surface area contributed by atoms with Crippen molar-refractivity contribution < 1.29 is 4.79 Å². The first-order valence-corrected chi connectivity index (χ1v) is 8.07. The van der Waals surface area contributed by atoms with E-state index in [4.69, 9.17) is 5.73 Å². The zero-order chi connectivity index (χ0) is 13.0. The molecule has 1 aliphatic carbocycles. The highest BCUT2D eigenvalue weighted by atomic mass is 79.9. The van der Waals surface area contributed by atoms with Crippen LogP contribution in [0.5, 0.6) is 0 Å². The van der Waals surface area contributed by atoms with E-state index in [1.807, 2.05) is 11.4 Å². The second-order valence-electron chi connectivity index (χ2n) is 4.86. The minimum absolute atomic E-state index is 0.187. The maximum Gasteiger partial charge on any atom is 0.223 e. The monoisotopic (exact) mass is 330 g/mol. The highest BCUT2D eigenvalue weighted by Gasteiger charge is 2.25. The van der Waals surface area contributed by atoms with E-state index in [-0.39, 0.29) is 11.8 Å².